The Morgan fingerprint density at radius 2 is 1.86 bits per heavy atom. The van der Waals surface area contributed by atoms with Crippen LogP contribution in [0.5, 0.6) is 0 Å². The molecule has 1 aliphatic heterocycles. The third-order valence-electron chi connectivity index (χ3n) is 3.47. The Labute approximate surface area is 131 Å². The zero-order valence-corrected chi connectivity index (χ0v) is 13.8. The zero-order valence-electron chi connectivity index (χ0n) is 13.8. The second-order valence-electron chi connectivity index (χ2n) is 6.40. The van der Waals surface area contributed by atoms with Gasteiger partial charge in [-0.05, 0) is 44.0 Å². The molecule has 0 bridgehead atoms. The van der Waals surface area contributed by atoms with E-state index in [0.29, 0.717) is 13.1 Å². The van der Waals surface area contributed by atoms with E-state index in [1.165, 1.54) is 4.90 Å². The van der Waals surface area contributed by atoms with Crippen molar-refractivity contribution < 1.29 is 14.3 Å². The van der Waals surface area contributed by atoms with Crippen molar-refractivity contribution in [2.24, 2.45) is 0 Å². The number of rotatable bonds is 1. The number of anilines is 1. The van der Waals surface area contributed by atoms with E-state index in [4.69, 9.17) is 4.74 Å². The van der Waals surface area contributed by atoms with Gasteiger partial charge in [-0.2, -0.15) is 0 Å². The molecule has 0 fully saturated rings. The summed E-state index contributed by atoms with van der Waals surface area (Å²) in [6.45, 7) is 6.59. The van der Waals surface area contributed by atoms with Crippen molar-refractivity contribution in [3.63, 3.8) is 0 Å². The molecule has 0 aliphatic carbocycles. The number of hydrogen-bond acceptors (Lipinski definition) is 3. The van der Waals surface area contributed by atoms with Crippen molar-refractivity contribution in [3.05, 3.63) is 29.3 Å². The highest BCUT2D eigenvalue weighted by Crippen LogP contribution is 2.28. The van der Waals surface area contributed by atoms with Gasteiger partial charge >= 0.3 is 12.1 Å². The Morgan fingerprint density at radius 1 is 1.23 bits per heavy atom. The van der Waals surface area contributed by atoms with Gasteiger partial charge < -0.3 is 10.1 Å². The highest BCUT2D eigenvalue weighted by atomic mass is 16.6. The van der Waals surface area contributed by atoms with Gasteiger partial charge in [-0.1, -0.05) is 6.07 Å². The lowest BCUT2D eigenvalue weighted by Crippen LogP contribution is -2.34. The van der Waals surface area contributed by atoms with Crippen LogP contribution >= 0.6 is 0 Å². The SMILES string of the molecule is CNC(=O)N(C)c1ccc2c(c1)CN(C(=O)OC(C)(C)C)C2. The van der Waals surface area contributed by atoms with Gasteiger partial charge in [-0.25, -0.2) is 9.59 Å². The van der Waals surface area contributed by atoms with E-state index in [9.17, 15) is 9.59 Å². The predicted molar refractivity (Wildman–Crippen MR) is 84.8 cm³/mol. The molecule has 1 aromatic carbocycles. The molecule has 1 N–H and O–H groups in total. The lowest BCUT2D eigenvalue weighted by molar-refractivity contribution is 0.0242. The molecule has 0 saturated carbocycles. The van der Waals surface area contributed by atoms with Crippen LogP contribution in [0, 0.1) is 0 Å². The highest BCUT2D eigenvalue weighted by molar-refractivity contribution is 5.91. The van der Waals surface area contributed by atoms with Crippen LogP contribution in [0.25, 0.3) is 0 Å². The summed E-state index contributed by atoms with van der Waals surface area (Å²) in [6.07, 6.45) is -0.315. The molecule has 0 atom stereocenters. The van der Waals surface area contributed by atoms with E-state index in [1.807, 2.05) is 39.0 Å². The fourth-order valence-corrected chi connectivity index (χ4v) is 2.33. The standard InChI is InChI=1S/C16H23N3O3/c1-16(2,3)22-15(21)19-9-11-6-7-13(8-12(11)10-19)18(5)14(20)17-4/h6-8H,9-10H2,1-5H3,(H,17,20). The van der Waals surface area contributed by atoms with Crippen LogP contribution in [0.1, 0.15) is 31.9 Å². The lowest BCUT2D eigenvalue weighted by Gasteiger charge is -2.24. The summed E-state index contributed by atoms with van der Waals surface area (Å²) in [7, 11) is 3.30. The quantitative estimate of drug-likeness (QED) is 0.867. The van der Waals surface area contributed by atoms with Crippen LogP contribution in [0.3, 0.4) is 0 Å². The maximum Gasteiger partial charge on any atom is 0.410 e. The minimum atomic E-state index is -0.504. The monoisotopic (exact) mass is 305 g/mol. The molecule has 1 aliphatic rings. The van der Waals surface area contributed by atoms with E-state index in [1.54, 1.807) is 19.0 Å². The first-order valence-electron chi connectivity index (χ1n) is 7.26. The van der Waals surface area contributed by atoms with Gasteiger partial charge in [0.25, 0.3) is 0 Å². The number of hydrogen-bond donors (Lipinski definition) is 1. The molecular formula is C16H23N3O3. The van der Waals surface area contributed by atoms with Gasteiger partial charge in [0.1, 0.15) is 5.60 Å². The minimum absolute atomic E-state index is 0.179. The first-order valence-corrected chi connectivity index (χ1v) is 7.26. The molecule has 3 amide bonds. The van der Waals surface area contributed by atoms with Crippen molar-refractivity contribution in [3.8, 4) is 0 Å². The van der Waals surface area contributed by atoms with E-state index >= 15 is 0 Å². The van der Waals surface area contributed by atoms with Crippen LogP contribution in [-0.2, 0) is 17.8 Å². The summed E-state index contributed by atoms with van der Waals surface area (Å²) >= 11 is 0. The topological polar surface area (TPSA) is 61.9 Å². The van der Waals surface area contributed by atoms with Crippen LogP contribution in [0.15, 0.2) is 18.2 Å². The molecule has 0 radical (unpaired) electrons. The normalized spacial score (nSPS) is 13.6. The molecule has 0 saturated heterocycles. The molecular weight excluding hydrogens is 282 g/mol. The largest absolute Gasteiger partial charge is 0.444 e. The van der Waals surface area contributed by atoms with Gasteiger partial charge in [0.15, 0.2) is 0 Å². The summed E-state index contributed by atoms with van der Waals surface area (Å²) in [6, 6.07) is 5.60. The molecule has 2 rings (SSSR count). The first kappa shape index (κ1) is 16.1. The number of fused-ring (bicyclic) bond motifs is 1. The van der Waals surface area contributed by atoms with Gasteiger partial charge in [0.2, 0.25) is 0 Å². The summed E-state index contributed by atoms with van der Waals surface area (Å²) in [4.78, 5) is 27.0. The van der Waals surface area contributed by atoms with Crippen molar-refractivity contribution >= 4 is 17.8 Å². The molecule has 1 heterocycles. The van der Waals surface area contributed by atoms with E-state index in [-0.39, 0.29) is 12.1 Å². The van der Waals surface area contributed by atoms with Gasteiger partial charge in [0.05, 0.1) is 0 Å². The zero-order chi connectivity index (χ0) is 16.5. The average Bonchev–Trinajstić information content (AvgIpc) is 2.86. The number of carbonyl (C=O) groups is 2. The maximum absolute atomic E-state index is 12.1. The fraction of sp³-hybridized carbons (Fsp3) is 0.500. The Morgan fingerprint density at radius 3 is 2.45 bits per heavy atom. The van der Waals surface area contributed by atoms with Crippen LogP contribution < -0.4 is 10.2 Å². The second kappa shape index (κ2) is 5.87. The van der Waals surface area contributed by atoms with Crippen LogP contribution in [-0.4, -0.2) is 36.7 Å². The van der Waals surface area contributed by atoms with E-state index in [2.05, 4.69) is 5.32 Å². The predicted octanol–water partition coefficient (Wildman–Crippen LogP) is 2.71. The second-order valence-corrected chi connectivity index (χ2v) is 6.40. The Hall–Kier alpha value is -2.24. The van der Waals surface area contributed by atoms with Crippen LogP contribution in [0.2, 0.25) is 0 Å². The summed E-state index contributed by atoms with van der Waals surface area (Å²) < 4.78 is 5.40. The number of amides is 3. The molecule has 1 aromatic rings. The lowest BCUT2D eigenvalue weighted by atomic mass is 10.1. The molecule has 0 spiro atoms. The number of benzene rings is 1. The van der Waals surface area contributed by atoms with Crippen molar-refractivity contribution in [1.82, 2.24) is 10.2 Å². The van der Waals surface area contributed by atoms with Crippen molar-refractivity contribution in [2.75, 3.05) is 19.0 Å². The fourth-order valence-electron chi connectivity index (χ4n) is 2.33. The minimum Gasteiger partial charge on any atom is -0.444 e. The highest BCUT2D eigenvalue weighted by Gasteiger charge is 2.28. The van der Waals surface area contributed by atoms with Crippen molar-refractivity contribution in [1.29, 1.82) is 0 Å². The summed E-state index contributed by atoms with van der Waals surface area (Å²) in [5.41, 5.74) is 2.42. The Kier molecular flexibility index (Phi) is 4.30. The third kappa shape index (κ3) is 3.50. The molecule has 120 valence electrons. The van der Waals surface area contributed by atoms with Gasteiger partial charge in [-0.3, -0.25) is 9.80 Å². The maximum atomic E-state index is 12.1. The smallest absolute Gasteiger partial charge is 0.410 e. The Bertz CT molecular complexity index is 593. The summed E-state index contributed by atoms with van der Waals surface area (Å²) in [5.74, 6) is 0. The number of carbonyl (C=O) groups excluding carboxylic acids is 2. The molecule has 22 heavy (non-hydrogen) atoms. The summed E-state index contributed by atoms with van der Waals surface area (Å²) in [5, 5.41) is 2.59. The van der Waals surface area contributed by atoms with Gasteiger partial charge in [-0.15, -0.1) is 0 Å². The third-order valence-corrected chi connectivity index (χ3v) is 3.47. The number of urea groups is 1. The molecule has 0 aromatic heterocycles. The number of nitrogens with zero attached hydrogens (tertiary/aromatic N) is 2. The first-order chi connectivity index (χ1) is 10.2. The van der Waals surface area contributed by atoms with E-state index < -0.39 is 5.60 Å². The average molecular weight is 305 g/mol. The van der Waals surface area contributed by atoms with Gasteiger partial charge in [0, 0.05) is 32.9 Å². The van der Waals surface area contributed by atoms with E-state index in [0.717, 1.165) is 16.8 Å². The van der Waals surface area contributed by atoms with Crippen molar-refractivity contribution in [2.45, 2.75) is 39.5 Å². The molecule has 6 nitrogen and oxygen atoms in total. The Balaban J connectivity index is 2.12. The number of nitrogens with one attached hydrogen (secondary N) is 1. The number of ether oxygens (including phenoxy) is 1. The van der Waals surface area contributed by atoms with Crippen LogP contribution in [0.4, 0.5) is 15.3 Å². The molecule has 6 heteroatoms. The molecule has 0 unspecified atom stereocenters.